The third kappa shape index (κ3) is 1.77. The molecule has 4 atom stereocenters. The molecule has 0 aromatic carbocycles. The average molecular weight is 278 g/mol. The van der Waals surface area contributed by atoms with Crippen molar-refractivity contribution in [2.75, 3.05) is 13.2 Å². The van der Waals surface area contributed by atoms with Crippen LogP contribution in [0.3, 0.4) is 0 Å². The zero-order chi connectivity index (χ0) is 13.7. The minimum absolute atomic E-state index is 0.0474. The van der Waals surface area contributed by atoms with Gasteiger partial charge in [0.1, 0.15) is 0 Å². The van der Waals surface area contributed by atoms with Crippen LogP contribution in [0.25, 0.3) is 0 Å². The maximum absolute atomic E-state index is 11.8. The first-order chi connectivity index (χ1) is 9.70. The molecule has 0 aromatic rings. The van der Waals surface area contributed by atoms with Gasteiger partial charge in [-0.3, -0.25) is 4.79 Å². The Kier molecular flexibility index (Phi) is 2.93. The predicted molar refractivity (Wildman–Crippen MR) is 72.0 cm³/mol. The highest BCUT2D eigenvalue weighted by atomic mass is 16.7. The van der Waals surface area contributed by atoms with E-state index in [1.165, 1.54) is 18.9 Å². The van der Waals surface area contributed by atoms with Crippen molar-refractivity contribution in [3.63, 3.8) is 0 Å². The Morgan fingerprint density at radius 3 is 2.75 bits per heavy atom. The van der Waals surface area contributed by atoms with E-state index in [1.54, 1.807) is 0 Å². The van der Waals surface area contributed by atoms with Crippen LogP contribution in [0.15, 0.2) is 11.8 Å². The number of rotatable bonds is 0. The zero-order valence-electron chi connectivity index (χ0n) is 11.7. The molecule has 4 nitrogen and oxygen atoms in total. The van der Waals surface area contributed by atoms with E-state index in [-0.39, 0.29) is 17.6 Å². The second-order valence-corrected chi connectivity index (χ2v) is 6.79. The second kappa shape index (κ2) is 4.57. The molecule has 20 heavy (non-hydrogen) atoms. The molecule has 2 saturated carbocycles. The highest BCUT2D eigenvalue weighted by Gasteiger charge is 2.58. The molecule has 0 amide bonds. The molecule has 1 N–H and O–H groups in total. The van der Waals surface area contributed by atoms with Crippen LogP contribution in [0.4, 0.5) is 0 Å². The van der Waals surface area contributed by atoms with Gasteiger partial charge in [0.05, 0.1) is 19.0 Å². The van der Waals surface area contributed by atoms with E-state index in [1.807, 2.05) is 0 Å². The average Bonchev–Trinajstić information content (AvgIpc) is 2.87. The summed E-state index contributed by atoms with van der Waals surface area (Å²) in [5.74, 6) is 1.02. The lowest BCUT2D eigenvalue weighted by atomic mass is 9.56. The summed E-state index contributed by atoms with van der Waals surface area (Å²) in [6.07, 6.45) is 7.43. The molecule has 3 fully saturated rings. The molecule has 0 bridgehead atoms. The fourth-order valence-electron chi connectivity index (χ4n) is 5.17. The number of ketones is 1. The fourth-order valence-corrected chi connectivity index (χ4v) is 5.17. The number of carbonyl (C=O) groups is 1. The fraction of sp³-hybridized carbons (Fsp3) is 0.812. The molecule has 1 aliphatic heterocycles. The molecule has 110 valence electrons. The quantitative estimate of drug-likeness (QED) is 0.740. The van der Waals surface area contributed by atoms with Crippen molar-refractivity contribution < 1.29 is 19.4 Å². The summed E-state index contributed by atoms with van der Waals surface area (Å²) in [5, 5.41) is 10.3. The molecule has 0 aromatic heterocycles. The van der Waals surface area contributed by atoms with Crippen LogP contribution in [0.5, 0.6) is 0 Å². The van der Waals surface area contributed by atoms with E-state index < -0.39 is 5.79 Å². The van der Waals surface area contributed by atoms with Gasteiger partial charge in [0.2, 0.25) is 0 Å². The number of carbonyl (C=O) groups excluding carboxylic acids is 1. The topological polar surface area (TPSA) is 55.8 Å². The smallest absolute Gasteiger partial charge is 0.171 e. The summed E-state index contributed by atoms with van der Waals surface area (Å²) >= 11 is 0. The minimum Gasteiger partial charge on any atom is -0.512 e. The van der Waals surface area contributed by atoms with Gasteiger partial charge >= 0.3 is 0 Å². The highest BCUT2D eigenvalue weighted by molar-refractivity contribution is 5.91. The first-order valence-corrected chi connectivity index (χ1v) is 7.91. The van der Waals surface area contributed by atoms with Crippen molar-refractivity contribution in [1.82, 2.24) is 0 Å². The predicted octanol–water partition coefficient (Wildman–Crippen LogP) is 2.59. The Balaban J connectivity index is 1.72. The van der Waals surface area contributed by atoms with Crippen LogP contribution in [-0.2, 0) is 14.3 Å². The molecule has 3 aliphatic carbocycles. The van der Waals surface area contributed by atoms with E-state index in [4.69, 9.17) is 9.47 Å². The summed E-state index contributed by atoms with van der Waals surface area (Å²) in [5.41, 5.74) is 0. The third-order valence-corrected chi connectivity index (χ3v) is 5.79. The van der Waals surface area contributed by atoms with Gasteiger partial charge in [-0.2, -0.15) is 0 Å². The lowest BCUT2D eigenvalue weighted by molar-refractivity contribution is -0.253. The van der Waals surface area contributed by atoms with Crippen molar-refractivity contribution >= 4 is 5.78 Å². The molecular formula is C16H22O4. The molecule has 0 radical (unpaired) electrons. The van der Waals surface area contributed by atoms with Gasteiger partial charge in [-0.25, -0.2) is 0 Å². The lowest BCUT2D eigenvalue weighted by Gasteiger charge is -2.53. The Labute approximate surface area is 119 Å². The van der Waals surface area contributed by atoms with Crippen molar-refractivity contribution in [3.05, 3.63) is 11.8 Å². The minimum atomic E-state index is -0.468. The number of allylic oxidation sites excluding steroid dienone is 2. The summed E-state index contributed by atoms with van der Waals surface area (Å²) < 4.78 is 12.1. The van der Waals surface area contributed by atoms with Gasteiger partial charge in [0.25, 0.3) is 0 Å². The number of aliphatic hydroxyl groups is 1. The molecule has 1 spiro atoms. The summed E-state index contributed by atoms with van der Waals surface area (Å²) in [6, 6.07) is 0. The number of aliphatic hydroxyl groups excluding tert-OH is 1. The van der Waals surface area contributed by atoms with Crippen molar-refractivity contribution in [2.24, 2.45) is 23.7 Å². The van der Waals surface area contributed by atoms with Gasteiger partial charge in [-0.05, 0) is 24.7 Å². The third-order valence-electron chi connectivity index (χ3n) is 5.79. The zero-order valence-corrected chi connectivity index (χ0v) is 11.7. The molecule has 4 heteroatoms. The molecule has 1 heterocycles. The van der Waals surface area contributed by atoms with Crippen LogP contribution in [0.1, 0.15) is 38.5 Å². The molecule has 4 unspecified atom stereocenters. The summed E-state index contributed by atoms with van der Waals surface area (Å²) in [4.78, 5) is 11.8. The molecule has 4 rings (SSSR count). The monoisotopic (exact) mass is 278 g/mol. The van der Waals surface area contributed by atoms with Crippen LogP contribution in [-0.4, -0.2) is 29.9 Å². The molecular weight excluding hydrogens is 256 g/mol. The highest BCUT2D eigenvalue weighted by Crippen LogP contribution is 2.57. The van der Waals surface area contributed by atoms with Crippen LogP contribution >= 0.6 is 0 Å². The van der Waals surface area contributed by atoms with Crippen molar-refractivity contribution in [1.29, 1.82) is 0 Å². The second-order valence-electron chi connectivity index (χ2n) is 6.79. The molecule has 1 saturated heterocycles. The first-order valence-electron chi connectivity index (χ1n) is 7.91. The van der Waals surface area contributed by atoms with E-state index in [2.05, 4.69) is 0 Å². The van der Waals surface area contributed by atoms with Crippen LogP contribution < -0.4 is 0 Å². The number of hydrogen-bond donors (Lipinski definition) is 1. The maximum atomic E-state index is 11.8. The van der Waals surface area contributed by atoms with Gasteiger partial charge < -0.3 is 14.6 Å². The summed E-state index contributed by atoms with van der Waals surface area (Å²) in [7, 11) is 0. The number of ether oxygens (including phenoxy) is 2. The SMILES string of the molecule is O=C1C=C(O)C2C(C1)CC1(OCCO1)C1CCCCC21. The Morgan fingerprint density at radius 2 is 1.95 bits per heavy atom. The van der Waals surface area contributed by atoms with E-state index in [0.717, 1.165) is 19.3 Å². The van der Waals surface area contributed by atoms with Gasteiger partial charge in [-0.15, -0.1) is 0 Å². The normalized spacial score (nSPS) is 43.0. The largest absolute Gasteiger partial charge is 0.512 e. The van der Waals surface area contributed by atoms with Gasteiger partial charge in [0, 0.05) is 30.8 Å². The lowest BCUT2D eigenvalue weighted by Crippen LogP contribution is -2.55. The van der Waals surface area contributed by atoms with E-state index >= 15 is 0 Å². The van der Waals surface area contributed by atoms with Crippen LogP contribution in [0, 0.1) is 23.7 Å². The van der Waals surface area contributed by atoms with E-state index in [9.17, 15) is 9.90 Å². The Bertz CT molecular complexity index is 449. The Morgan fingerprint density at radius 1 is 1.20 bits per heavy atom. The van der Waals surface area contributed by atoms with Crippen LogP contribution in [0.2, 0.25) is 0 Å². The molecule has 4 aliphatic rings. The van der Waals surface area contributed by atoms with E-state index in [0.29, 0.717) is 37.2 Å². The number of fused-ring (bicyclic) bond motifs is 4. The standard InChI is InChI=1S/C16H22O4/c17-11-7-10-9-16(19-5-6-20-16)13-4-2-1-3-12(13)15(10)14(18)8-11/h8,10,12-13,15,18H,1-7,9H2. The summed E-state index contributed by atoms with van der Waals surface area (Å²) in [6.45, 7) is 1.33. The van der Waals surface area contributed by atoms with Gasteiger partial charge in [0.15, 0.2) is 11.6 Å². The van der Waals surface area contributed by atoms with Crippen molar-refractivity contribution in [3.8, 4) is 0 Å². The number of hydrogen-bond acceptors (Lipinski definition) is 4. The Hall–Kier alpha value is -0.870. The first kappa shape index (κ1) is 12.8. The van der Waals surface area contributed by atoms with Gasteiger partial charge in [-0.1, -0.05) is 12.8 Å². The van der Waals surface area contributed by atoms with Crippen molar-refractivity contribution in [2.45, 2.75) is 44.3 Å². The maximum Gasteiger partial charge on any atom is 0.171 e.